The van der Waals surface area contributed by atoms with Crippen LogP contribution in [0.5, 0.6) is 0 Å². The van der Waals surface area contributed by atoms with Crippen LogP contribution in [-0.2, 0) is 0 Å². The Morgan fingerprint density at radius 3 is 2.17 bits per heavy atom. The van der Waals surface area contributed by atoms with Gasteiger partial charge in [0.05, 0.1) is 20.5 Å². The summed E-state index contributed by atoms with van der Waals surface area (Å²) in [6, 6.07) is 13.2. The second-order valence-electron chi connectivity index (χ2n) is 7.30. The Morgan fingerprint density at radius 1 is 0.886 bits per heavy atom. The molecule has 0 saturated heterocycles. The van der Waals surface area contributed by atoms with Crippen LogP contribution in [0.2, 0.25) is 15.1 Å². The van der Waals surface area contributed by atoms with Crippen LogP contribution in [0.1, 0.15) is 41.4 Å². The average molecular weight is 533 g/mol. The number of Topliss-reactive ketones (excluding diaryl/α,β-unsaturated/α-hetero) is 1. The number of benzene rings is 3. The van der Waals surface area contributed by atoms with Gasteiger partial charge in [0.25, 0.3) is 23.4 Å². The SMILES string of the molecule is O=C(CN(C(=O)c1ccc(Cl)c(Cl)c1)N1C(=O)c2cccc([N+](=O)[O-])c2C1=O)c1ccc(Cl)cc1. The van der Waals surface area contributed by atoms with E-state index in [0.717, 1.165) is 6.07 Å². The number of rotatable bonds is 6. The number of amides is 3. The zero-order valence-corrected chi connectivity index (χ0v) is 19.7. The highest BCUT2D eigenvalue weighted by Gasteiger charge is 2.46. The molecular formula is C23H12Cl3N3O6. The van der Waals surface area contributed by atoms with Gasteiger partial charge in [-0.05, 0) is 48.5 Å². The van der Waals surface area contributed by atoms with Gasteiger partial charge >= 0.3 is 0 Å². The van der Waals surface area contributed by atoms with E-state index < -0.39 is 46.2 Å². The summed E-state index contributed by atoms with van der Waals surface area (Å²) in [5.41, 5.74) is -1.27. The van der Waals surface area contributed by atoms with Crippen molar-refractivity contribution in [1.82, 2.24) is 10.0 Å². The third-order valence-corrected chi connectivity index (χ3v) is 6.16. The maximum Gasteiger partial charge on any atom is 0.287 e. The lowest BCUT2D eigenvalue weighted by atomic mass is 10.1. The van der Waals surface area contributed by atoms with Gasteiger partial charge in [0.1, 0.15) is 12.1 Å². The summed E-state index contributed by atoms with van der Waals surface area (Å²) >= 11 is 17.8. The van der Waals surface area contributed by atoms with Crippen molar-refractivity contribution in [3.05, 3.63) is 108 Å². The summed E-state index contributed by atoms with van der Waals surface area (Å²) in [4.78, 5) is 63.5. The van der Waals surface area contributed by atoms with Crippen LogP contribution in [0.4, 0.5) is 5.69 Å². The molecule has 0 radical (unpaired) electrons. The van der Waals surface area contributed by atoms with E-state index in [1.54, 1.807) is 0 Å². The number of hydrazine groups is 1. The predicted molar refractivity (Wildman–Crippen MR) is 127 cm³/mol. The summed E-state index contributed by atoms with van der Waals surface area (Å²) in [6.07, 6.45) is 0. The number of nitro benzene ring substituents is 1. The maximum atomic E-state index is 13.4. The van der Waals surface area contributed by atoms with Gasteiger partial charge in [0.2, 0.25) is 0 Å². The van der Waals surface area contributed by atoms with Crippen LogP contribution in [0, 0.1) is 10.1 Å². The molecule has 176 valence electrons. The fourth-order valence-electron chi connectivity index (χ4n) is 3.50. The minimum atomic E-state index is -1.12. The molecule has 0 unspecified atom stereocenters. The molecule has 1 heterocycles. The second-order valence-corrected chi connectivity index (χ2v) is 8.55. The number of imide groups is 1. The fourth-order valence-corrected chi connectivity index (χ4v) is 3.93. The molecule has 0 aliphatic carbocycles. The van der Waals surface area contributed by atoms with Crippen LogP contribution in [0.3, 0.4) is 0 Å². The average Bonchev–Trinajstić information content (AvgIpc) is 3.09. The molecule has 4 rings (SSSR count). The van der Waals surface area contributed by atoms with Crippen molar-refractivity contribution in [2.24, 2.45) is 0 Å². The first-order chi connectivity index (χ1) is 16.6. The van der Waals surface area contributed by atoms with Crippen molar-refractivity contribution in [2.75, 3.05) is 6.54 Å². The molecule has 12 heteroatoms. The zero-order chi connectivity index (χ0) is 25.4. The van der Waals surface area contributed by atoms with Crippen molar-refractivity contribution in [3.63, 3.8) is 0 Å². The lowest BCUT2D eigenvalue weighted by Crippen LogP contribution is -2.51. The van der Waals surface area contributed by atoms with Crippen LogP contribution < -0.4 is 0 Å². The fraction of sp³-hybridized carbons (Fsp3) is 0.0435. The van der Waals surface area contributed by atoms with Crippen LogP contribution in [0.25, 0.3) is 0 Å². The van der Waals surface area contributed by atoms with E-state index in [0.29, 0.717) is 15.0 Å². The molecular weight excluding hydrogens is 521 g/mol. The van der Waals surface area contributed by atoms with Gasteiger partial charge in [-0.3, -0.25) is 29.3 Å². The van der Waals surface area contributed by atoms with Gasteiger partial charge in [0.15, 0.2) is 5.78 Å². The first-order valence-electron chi connectivity index (χ1n) is 9.82. The van der Waals surface area contributed by atoms with E-state index in [1.807, 2.05) is 0 Å². The Hall–Kier alpha value is -3.79. The molecule has 0 aromatic heterocycles. The quantitative estimate of drug-likeness (QED) is 0.189. The lowest BCUT2D eigenvalue weighted by molar-refractivity contribution is -0.385. The molecule has 0 bridgehead atoms. The Kier molecular flexibility index (Phi) is 6.58. The van der Waals surface area contributed by atoms with E-state index in [2.05, 4.69) is 0 Å². The second kappa shape index (κ2) is 9.46. The van der Waals surface area contributed by atoms with Gasteiger partial charge in [-0.25, -0.2) is 5.01 Å². The van der Waals surface area contributed by atoms with Gasteiger partial charge in [0, 0.05) is 22.2 Å². The standard InChI is InChI=1S/C23H12Cl3N3O6/c24-14-7-4-12(5-8-14)19(30)11-27(21(31)13-6-9-16(25)17(26)10-13)28-22(32)15-2-1-3-18(29(34)35)20(15)23(28)33/h1-10H,11H2. The number of nitro groups is 1. The molecule has 0 saturated carbocycles. The van der Waals surface area contributed by atoms with Crippen LogP contribution >= 0.6 is 34.8 Å². The minimum absolute atomic E-state index is 0.0273. The van der Waals surface area contributed by atoms with Crippen molar-refractivity contribution in [2.45, 2.75) is 0 Å². The Labute approximate surface area is 212 Å². The number of halogens is 3. The first-order valence-corrected chi connectivity index (χ1v) is 11.0. The largest absolute Gasteiger partial charge is 0.292 e. The molecule has 3 aromatic rings. The van der Waals surface area contributed by atoms with Gasteiger partial charge < -0.3 is 0 Å². The maximum absolute atomic E-state index is 13.4. The van der Waals surface area contributed by atoms with Gasteiger partial charge in [-0.2, -0.15) is 5.01 Å². The summed E-state index contributed by atoms with van der Waals surface area (Å²) in [7, 11) is 0. The van der Waals surface area contributed by atoms with Crippen molar-refractivity contribution in [1.29, 1.82) is 0 Å². The predicted octanol–water partition coefficient (Wildman–Crippen LogP) is 5.09. The summed E-state index contributed by atoms with van der Waals surface area (Å²) < 4.78 is 0. The van der Waals surface area contributed by atoms with Crippen LogP contribution in [0.15, 0.2) is 60.7 Å². The minimum Gasteiger partial charge on any atom is -0.292 e. The highest BCUT2D eigenvalue weighted by atomic mass is 35.5. The summed E-state index contributed by atoms with van der Waals surface area (Å²) in [5, 5.41) is 13.1. The highest BCUT2D eigenvalue weighted by Crippen LogP contribution is 2.33. The smallest absolute Gasteiger partial charge is 0.287 e. The number of hydrogen-bond donors (Lipinski definition) is 0. The first kappa shape index (κ1) is 24.3. The van der Waals surface area contributed by atoms with Gasteiger partial charge in [-0.1, -0.05) is 40.9 Å². The zero-order valence-electron chi connectivity index (χ0n) is 17.4. The highest BCUT2D eigenvalue weighted by molar-refractivity contribution is 6.42. The molecule has 3 aromatic carbocycles. The number of carbonyl (C=O) groups is 4. The van der Waals surface area contributed by atoms with E-state index in [-0.39, 0.29) is 26.7 Å². The van der Waals surface area contributed by atoms with E-state index >= 15 is 0 Å². The third kappa shape index (κ3) is 4.49. The van der Waals surface area contributed by atoms with E-state index in [9.17, 15) is 29.3 Å². The van der Waals surface area contributed by atoms with Crippen molar-refractivity contribution >= 4 is 64.0 Å². The summed E-state index contributed by atoms with van der Waals surface area (Å²) in [5.74, 6) is -3.66. The van der Waals surface area contributed by atoms with Crippen molar-refractivity contribution < 1.29 is 24.1 Å². The molecule has 3 amide bonds. The number of hydrogen-bond acceptors (Lipinski definition) is 6. The number of ketones is 1. The molecule has 1 aliphatic heterocycles. The molecule has 0 spiro atoms. The molecule has 0 fully saturated rings. The Balaban J connectivity index is 1.79. The molecule has 0 N–H and O–H groups in total. The Morgan fingerprint density at radius 2 is 1.54 bits per heavy atom. The molecule has 0 atom stereocenters. The number of fused-ring (bicyclic) bond motifs is 1. The normalized spacial score (nSPS) is 12.5. The number of nitrogens with zero attached hydrogens (tertiary/aromatic N) is 3. The third-order valence-electron chi connectivity index (χ3n) is 5.17. The molecule has 35 heavy (non-hydrogen) atoms. The molecule has 9 nitrogen and oxygen atoms in total. The van der Waals surface area contributed by atoms with Gasteiger partial charge in [-0.15, -0.1) is 0 Å². The van der Waals surface area contributed by atoms with E-state index in [1.165, 1.54) is 54.6 Å². The van der Waals surface area contributed by atoms with Crippen LogP contribution in [-0.4, -0.2) is 45.0 Å². The topological polar surface area (TPSA) is 118 Å². The monoisotopic (exact) mass is 531 g/mol. The van der Waals surface area contributed by atoms with Crippen molar-refractivity contribution in [3.8, 4) is 0 Å². The summed E-state index contributed by atoms with van der Waals surface area (Å²) in [6.45, 7) is -0.736. The molecule has 1 aliphatic rings. The lowest BCUT2D eigenvalue weighted by Gasteiger charge is -2.29. The number of carbonyl (C=O) groups excluding carboxylic acids is 4. The Bertz CT molecular complexity index is 1420. The van der Waals surface area contributed by atoms with E-state index in [4.69, 9.17) is 34.8 Å².